The highest BCUT2D eigenvalue weighted by molar-refractivity contribution is 9.11. The molecule has 1 fully saturated rings. The molecule has 0 radical (unpaired) electrons. The predicted octanol–water partition coefficient (Wildman–Crippen LogP) is 5.07. The van der Waals surface area contributed by atoms with Crippen molar-refractivity contribution in [1.82, 2.24) is 0 Å². The average molecular weight is 362 g/mol. The Morgan fingerprint density at radius 1 is 1.29 bits per heavy atom. The number of aliphatic hydroxyl groups is 1. The van der Waals surface area contributed by atoms with Crippen molar-refractivity contribution in [2.24, 2.45) is 11.8 Å². The molecule has 0 spiro atoms. The summed E-state index contributed by atoms with van der Waals surface area (Å²) in [5.74, 6) is 1.16. The quantitative estimate of drug-likeness (QED) is 0.779. The minimum atomic E-state index is -0.333. The van der Waals surface area contributed by atoms with E-state index in [1.165, 1.54) is 12.8 Å². The molecule has 1 saturated carbocycles. The Kier molecular flexibility index (Phi) is 4.67. The first-order valence-electron chi connectivity index (χ1n) is 6.21. The summed E-state index contributed by atoms with van der Waals surface area (Å²) in [4.78, 5) is 0. The predicted molar refractivity (Wildman–Crippen MR) is 77.9 cm³/mol. The van der Waals surface area contributed by atoms with Crippen molar-refractivity contribution in [3.8, 4) is 0 Å². The van der Waals surface area contributed by atoms with Crippen LogP contribution in [0.4, 0.5) is 0 Å². The van der Waals surface area contributed by atoms with Gasteiger partial charge in [0.05, 0.1) is 6.10 Å². The van der Waals surface area contributed by atoms with E-state index in [2.05, 4.69) is 38.8 Å². The Balaban J connectivity index is 2.15. The van der Waals surface area contributed by atoms with Crippen LogP contribution in [0.5, 0.6) is 0 Å². The molecular weight excluding hydrogens is 344 g/mol. The molecule has 3 unspecified atom stereocenters. The van der Waals surface area contributed by atoms with Gasteiger partial charge in [0.1, 0.15) is 0 Å². The summed E-state index contributed by atoms with van der Waals surface area (Å²) in [6, 6.07) is 6.01. The van der Waals surface area contributed by atoms with E-state index < -0.39 is 0 Å². The molecule has 1 aliphatic rings. The second-order valence-corrected chi connectivity index (χ2v) is 6.91. The Hall–Kier alpha value is 0.140. The molecule has 94 valence electrons. The third-order valence-electron chi connectivity index (χ3n) is 3.70. The highest BCUT2D eigenvalue weighted by atomic mass is 79.9. The molecule has 1 N–H and O–H groups in total. The van der Waals surface area contributed by atoms with E-state index in [0.717, 1.165) is 33.3 Å². The van der Waals surface area contributed by atoms with Gasteiger partial charge in [0, 0.05) is 8.95 Å². The number of hydrogen-bond acceptors (Lipinski definition) is 1. The lowest BCUT2D eigenvalue weighted by Gasteiger charge is -2.31. The zero-order chi connectivity index (χ0) is 12.4. The van der Waals surface area contributed by atoms with Crippen molar-refractivity contribution in [2.75, 3.05) is 0 Å². The lowest BCUT2D eigenvalue weighted by molar-refractivity contribution is 0.0708. The fraction of sp³-hybridized carbons (Fsp3) is 0.571. The molecule has 1 aromatic rings. The van der Waals surface area contributed by atoms with Crippen molar-refractivity contribution < 1.29 is 5.11 Å². The van der Waals surface area contributed by atoms with Crippen LogP contribution in [0.1, 0.15) is 44.3 Å². The molecule has 1 aliphatic carbocycles. The van der Waals surface area contributed by atoms with Gasteiger partial charge in [0.2, 0.25) is 0 Å². The van der Waals surface area contributed by atoms with Crippen molar-refractivity contribution in [1.29, 1.82) is 0 Å². The van der Waals surface area contributed by atoms with Gasteiger partial charge in [-0.3, -0.25) is 0 Å². The van der Waals surface area contributed by atoms with Crippen LogP contribution in [-0.4, -0.2) is 5.11 Å². The molecule has 3 heteroatoms. The molecule has 0 aliphatic heterocycles. The van der Waals surface area contributed by atoms with Crippen molar-refractivity contribution in [3.63, 3.8) is 0 Å². The Bertz CT molecular complexity index is 392. The highest BCUT2D eigenvalue weighted by Gasteiger charge is 2.27. The van der Waals surface area contributed by atoms with Gasteiger partial charge < -0.3 is 5.11 Å². The van der Waals surface area contributed by atoms with Gasteiger partial charge in [0.15, 0.2) is 0 Å². The molecule has 1 aromatic carbocycles. The topological polar surface area (TPSA) is 20.2 Å². The smallest absolute Gasteiger partial charge is 0.0829 e. The van der Waals surface area contributed by atoms with Crippen LogP contribution >= 0.6 is 31.9 Å². The monoisotopic (exact) mass is 360 g/mol. The minimum absolute atomic E-state index is 0.333. The molecule has 0 bridgehead atoms. The summed E-state index contributed by atoms with van der Waals surface area (Å²) in [6.45, 7) is 2.29. The Labute approximate surface area is 120 Å². The molecule has 17 heavy (non-hydrogen) atoms. The van der Waals surface area contributed by atoms with E-state index in [-0.39, 0.29) is 6.10 Å². The van der Waals surface area contributed by atoms with Gasteiger partial charge in [0.25, 0.3) is 0 Å². The Morgan fingerprint density at radius 3 is 2.71 bits per heavy atom. The molecule has 1 nitrogen and oxygen atoms in total. The van der Waals surface area contributed by atoms with Crippen molar-refractivity contribution >= 4 is 31.9 Å². The highest BCUT2D eigenvalue weighted by Crippen LogP contribution is 2.39. The minimum Gasteiger partial charge on any atom is -0.388 e. The summed E-state index contributed by atoms with van der Waals surface area (Å²) in [5, 5.41) is 10.5. The maximum Gasteiger partial charge on any atom is 0.0829 e. The normalized spacial score (nSPS) is 26.8. The van der Waals surface area contributed by atoms with Crippen LogP contribution in [0.25, 0.3) is 0 Å². The number of rotatable bonds is 2. The SMILES string of the molecule is CC1CCCC(C(O)c2ccc(Br)cc2Br)C1. The van der Waals surface area contributed by atoms with Crippen molar-refractivity contribution in [3.05, 3.63) is 32.7 Å². The number of aliphatic hydroxyl groups excluding tert-OH is 1. The molecule has 0 amide bonds. The molecule has 0 heterocycles. The van der Waals surface area contributed by atoms with E-state index >= 15 is 0 Å². The second-order valence-electron chi connectivity index (χ2n) is 5.14. The summed E-state index contributed by atoms with van der Waals surface area (Å²) in [6.07, 6.45) is 4.51. The first kappa shape index (κ1) is 13.6. The molecule has 0 saturated heterocycles. The zero-order valence-corrected chi connectivity index (χ0v) is 13.2. The molecule has 0 aromatic heterocycles. The lowest BCUT2D eigenvalue weighted by Crippen LogP contribution is -2.20. The van der Waals surface area contributed by atoms with Gasteiger partial charge in [-0.05, 0) is 42.4 Å². The summed E-state index contributed by atoms with van der Waals surface area (Å²) in [5.41, 5.74) is 1.02. The van der Waals surface area contributed by atoms with Crippen LogP contribution < -0.4 is 0 Å². The van der Waals surface area contributed by atoms with E-state index in [4.69, 9.17) is 0 Å². The zero-order valence-electron chi connectivity index (χ0n) is 10.00. The third kappa shape index (κ3) is 3.33. The van der Waals surface area contributed by atoms with E-state index in [1.54, 1.807) is 0 Å². The maximum absolute atomic E-state index is 10.5. The van der Waals surface area contributed by atoms with Gasteiger partial charge >= 0.3 is 0 Å². The first-order chi connectivity index (χ1) is 8.08. The van der Waals surface area contributed by atoms with Crippen LogP contribution in [0.3, 0.4) is 0 Å². The molecular formula is C14H18Br2O. The third-order valence-corrected chi connectivity index (χ3v) is 4.88. The summed E-state index contributed by atoms with van der Waals surface area (Å²) >= 11 is 6.98. The van der Waals surface area contributed by atoms with Gasteiger partial charge in [-0.1, -0.05) is 57.7 Å². The Morgan fingerprint density at radius 2 is 2.06 bits per heavy atom. The summed E-state index contributed by atoms with van der Waals surface area (Å²) in [7, 11) is 0. The average Bonchev–Trinajstić information content (AvgIpc) is 2.28. The summed E-state index contributed by atoms with van der Waals surface area (Å²) < 4.78 is 2.04. The van der Waals surface area contributed by atoms with E-state index in [9.17, 15) is 5.11 Å². The van der Waals surface area contributed by atoms with Crippen LogP contribution in [-0.2, 0) is 0 Å². The largest absolute Gasteiger partial charge is 0.388 e. The standard InChI is InChI=1S/C14H18Br2O/c1-9-3-2-4-10(7-9)14(17)12-6-5-11(15)8-13(12)16/h5-6,8-10,14,17H,2-4,7H2,1H3. The van der Waals surface area contributed by atoms with Gasteiger partial charge in [-0.2, -0.15) is 0 Å². The fourth-order valence-electron chi connectivity index (χ4n) is 2.76. The van der Waals surface area contributed by atoms with Crippen molar-refractivity contribution in [2.45, 2.75) is 38.7 Å². The maximum atomic E-state index is 10.5. The van der Waals surface area contributed by atoms with E-state index in [0.29, 0.717) is 5.92 Å². The number of hydrogen-bond donors (Lipinski definition) is 1. The van der Waals surface area contributed by atoms with Crippen LogP contribution in [0.15, 0.2) is 27.1 Å². The first-order valence-corrected chi connectivity index (χ1v) is 7.79. The number of halogens is 2. The van der Waals surface area contributed by atoms with E-state index in [1.807, 2.05) is 18.2 Å². The second kappa shape index (κ2) is 5.85. The fourth-order valence-corrected chi connectivity index (χ4v) is 4.04. The van der Waals surface area contributed by atoms with Crippen LogP contribution in [0.2, 0.25) is 0 Å². The van der Waals surface area contributed by atoms with Crippen LogP contribution in [0, 0.1) is 11.8 Å². The lowest BCUT2D eigenvalue weighted by atomic mass is 9.78. The molecule has 2 rings (SSSR count). The number of benzene rings is 1. The van der Waals surface area contributed by atoms with Gasteiger partial charge in [-0.15, -0.1) is 0 Å². The van der Waals surface area contributed by atoms with Gasteiger partial charge in [-0.25, -0.2) is 0 Å². The molecule has 3 atom stereocenters.